The first kappa shape index (κ1) is 78.4. The van der Waals surface area contributed by atoms with Crippen LogP contribution in [0.15, 0.2) is 158 Å². The standard InChI is InChI=1S/C31H37N3O6.C25H22F4N2O5.C24H24N2O5/c1-5-39-30(37)31(17-25(31)28(35)33-27(14-19(2)3)29(36)34-38)16-21-10-12-23(13-11-21)40-18-22-15-20(4)32-26-9-7-6-8-24(22)26;1-2-35-23(33)24(12-19(24)22(32)31-34)11-14-3-6-17(7-4-14)36-13-15-9-21(25(27,28)29)30-20-8-5-16(26)10-18(15)20;1-3-30-23(28)24(13-20(24)22(27)26-29)17-7-6-8-18(12-17)31-14-16-11-15(2)25-21-10-5-4-9-19(16)21/h6-13,15,19,25,27,38H,5,14,16-18H2,1-4H3,(H,33,35)(H,34,36);3-10,19,34H,2,11-13H2,1H3,(H,31,32);4-12,20,29H,3,13-14H2,1-2H3,(H,26,27)/t25-,27+,31+;19-,24+;20-,24-/m110/s1. The second-order valence-corrected chi connectivity index (χ2v) is 27.1. The van der Waals surface area contributed by atoms with E-state index in [0.717, 1.165) is 68.1 Å². The molecule has 27 heteroatoms. The van der Waals surface area contributed by atoms with E-state index < -0.39 is 99.3 Å². The first-order valence-corrected chi connectivity index (χ1v) is 34.9. The Morgan fingerprint density at radius 2 is 0.972 bits per heavy atom. The average Bonchev–Trinajstić information content (AvgIpc) is 1.56. The van der Waals surface area contributed by atoms with E-state index in [4.69, 9.17) is 44.0 Å². The number of ether oxygens (including phenoxy) is 6. The number of carbonyl (C=O) groups excluding carboxylic acids is 7. The molecule has 0 radical (unpaired) electrons. The first-order valence-electron chi connectivity index (χ1n) is 34.9. The van der Waals surface area contributed by atoms with Crippen LogP contribution in [0.2, 0.25) is 0 Å². The van der Waals surface area contributed by atoms with Crippen LogP contribution in [0.25, 0.3) is 32.7 Å². The van der Waals surface area contributed by atoms with Crippen LogP contribution in [0.5, 0.6) is 17.2 Å². The number of esters is 3. The molecule has 6 aromatic carbocycles. The van der Waals surface area contributed by atoms with Crippen LogP contribution in [-0.4, -0.2) is 98.0 Å². The number of carbonyl (C=O) groups is 7. The van der Waals surface area contributed by atoms with E-state index >= 15 is 0 Å². The van der Waals surface area contributed by atoms with Gasteiger partial charge in [-0.15, -0.1) is 0 Å². The number of aromatic nitrogens is 3. The Balaban J connectivity index is 0.000000173. The van der Waals surface area contributed by atoms with E-state index in [1.54, 1.807) is 79.7 Å². The average molecular weight is 1470 g/mol. The molecular formula is C80H83F4N7O16. The number of amides is 4. The summed E-state index contributed by atoms with van der Waals surface area (Å²) in [6.45, 7) is 13.8. The maximum Gasteiger partial charge on any atom is 0.433 e. The smallest absolute Gasteiger partial charge is 0.433 e. The summed E-state index contributed by atoms with van der Waals surface area (Å²) in [4.78, 5) is 100. The SMILES string of the molecule is CCOC(=O)[C@@]1(Cc2ccc(OCc3cc(C(F)(F)F)nc4ccc(F)cc34)cc2)C[C@@H]1C(=O)NO.CCOC(=O)[C@@]1(Cc2ccc(OCc3cc(C)nc4ccccc34)cc2)C[C@@H]1C(=O)N[C@@H](CC(C)C)C(=O)NO.CCOC(=O)[C@]1(c2cccc(OCc3cc(C)nc4ccccc34)c2)C[C@H]1C(=O)NO. The Hall–Kier alpha value is -11.2. The van der Waals surface area contributed by atoms with E-state index in [1.165, 1.54) is 6.07 Å². The summed E-state index contributed by atoms with van der Waals surface area (Å²) in [7, 11) is 0. The van der Waals surface area contributed by atoms with Gasteiger partial charge in [0.25, 0.3) is 5.91 Å². The molecular weight excluding hydrogens is 1390 g/mol. The van der Waals surface area contributed by atoms with Crippen molar-refractivity contribution in [2.24, 2.45) is 34.5 Å². The Labute approximate surface area is 613 Å². The van der Waals surface area contributed by atoms with Crippen LogP contribution >= 0.6 is 0 Å². The van der Waals surface area contributed by atoms with Crippen LogP contribution in [0.4, 0.5) is 17.6 Å². The van der Waals surface area contributed by atoms with Crippen molar-refractivity contribution in [3.63, 3.8) is 0 Å². The number of pyridine rings is 3. The van der Waals surface area contributed by atoms with E-state index in [1.807, 2.05) is 119 Å². The molecule has 23 nitrogen and oxygen atoms in total. The fourth-order valence-corrected chi connectivity index (χ4v) is 13.6. The van der Waals surface area contributed by atoms with Gasteiger partial charge in [-0.25, -0.2) is 25.8 Å². The van der Waals surface area contributed by atoms with Crippen molar-refractivity contribution >= 4 is 74.2 Å². The summed E-state index contributed by atoms with van der Waals surface area (Å²) in [5.74, 6) is -4.73. The van der Waals surface area contributed by atoms with Crippen molar-refractivity contribution in [2.45, 2.75) is 124 Å². The van der Waals surface area contributed by atoms with Crippen LogP contribution in [0, 0.1) is 54.2 Å². The third-order valence-electron chi connectivity index (χ3n) is 19.2. The van der Waals surface area contributed by atoms with Gasteiger partial charge in [0.05, 0.1) is 65.0 Å². The fourth-order valence-electron chi connectivity index (χ4n) is 13.6. The maximum absolute atomic E-state index is 13.7. The van der Waals surface area contributed by atoms with Gasteiger partial charge < -0.3 is 33.7 Å². The van der Waals surface area contributed by atoms with Gasteiger partial charge in [-0.3, -0.25) is 59.2 Å². The maximum atomic E-state index is 13.7. The molecule has 12 rings (SSSR count). The second-order valence-electron chi connectivity index (χ2n) is 27.1. The summed E-state index contributed by atoms with van der Waals surface area (Å²) in [5.41, 5.74) is 8.56. The summed E-state index contributed by atoms with van der Waals surface area (Å²) in [5, 5.41) is 32.0. The predicted octanol–water partition coefficient (Wildman–Crippen LogP) is 12.3. The van der Waals surface area contributed by atoms with E-state index in [9.17, 15) is 51.1 Å². The van der Waals surface area contributed by atoms with Crippen LogP contribution in [0.3, 0.4) is 0 Å². The lowest BCUT2D eigenvalue weighted by Gasteiger charge is -2.20. The number of benzene rings is 6. The number of aryl methyl sites for hydroxylation is 2. The van der Waals surface area contributed by atoms with Crippen molar-refractivity contribution in [2.75, 3.05) is 19.8 Å². The van der Waals surface area contributed by atoms with Crippen molar-refractivity contribution in [1.82, 2.24) is 36.7 Å². The molecule has 7 N–H and O–H groups in total. The van der Waals surface area contributed by atoms with Gasteiger partial charge in [0.2, 0.25) is 17.7 Å². The lowest BCUT2D eigenvalue weighted by atomic mass is 9.92. The number of alkyl halides is 3. The number of para-hydroxylation sites is 2. The lowest BCUT2D eigenvalue weighted by molar-refractivity contribution is -0.152. The van der Waals surface area contributed by atoms with Gasteiger partial charge in [-0.1, -0.05) is 86.6 Å². The Kier molecular flexibility index (Phi) is 24.9. The largest absolute Gasteiger partial charge is 0.489 e. The minimum Gasteiger partial charge on any atom is -0.489 e. The molecule has 0 spiro atoms. The number of hydrogen-bond acceptors (Lipinski definition) is 19. The minimum absolute atomic E-state index is 0.00431. The highest BCUT2D eigenvalue weighted by molar-refractivity contribution is 5.99. The molecule has 0 unspecified atom stereocenters. The zero-order valence-corrected chi connectivity index (χ0v) is 59.9. The normalized spacial score (nSPS) is 19.1. The van der Waals surface area contributed by atoms with Crippen molar-refractivity contribution in [3.05, 3.63) is 214 Å². The Bertz CT molecular complexity index is 4760. The number of halogens is 4. The summed E-state index contributed by atoms with van der Waals surface area (Å²) in [6.07, 6.45) is -3.00. The van der Waals surface area contributed by atoms with Crippen LogP contribution < -0.4 is 36.0 Å². The molecule has 3 aromatic heterocycles. The molecule has 107 heavy (non-hydrogen) atoms. The first-order chi connectivity index (χ1) is 51.2. The summed E-state index contributed by atoms with van der Waals surface area (Å²) in [6, 6.07) is 44.2. The number of nitrogens with one attached hydrogen (secondary N) is 4. The molecule has 3 fully saturated rings. The van der Waals surface area contributed by atoms with Gasteiger partial charge in [0, 0.05) is 44.2 Å². The topological polar surface area (TPSA) is 322 Å². The number of nitrogens with zero attached hydrogens (tertiary/aromatic N) is 3. The quantitative estimate of drug-likeness (QED) is 0.00827. The molecule has 9 aromatic rings. The second kappa shape index (κ2) is 34.0. The van der Waals surface area contributed by atoms with E-state index in [-0.39, 0.29) is 68.1 Å². The highest BCUT2D eigenvalue weighted by atomic mass is 19.4. The molecule has 0 saturated heterocycles. The third kappa shape index (κ3) is 18.4. The van der Waals surface area contributed by atoms with Gasteiger partial charge in [-0.05, 0) is 181 Å². The van der Waals surface area contributed by atoms with Crippen LogP contribution in [-0.2, 0) is 92.0 Å². The molecule has 0 bridgehead atoms. The van der Waals surface area contributed by atoms with Gasteiger partial charge in [0.15, 0.2) is 0 Å². The summed E-state index contributed by atoms with van der Waals surface area (Å²) < 4.78 is 87.1. The number of fused-ring (bicyclic) bond motifs is 3. The third-order valence-corrected chi connectivity index (χ3v) is 19.2. The van der Waals surface area contributed by atoms with Gasteiger partial charge in [-0.2, -0.15) is 13.2 Å². The molecule has 7 atom stereocenters. The molecule has 3 saturated carbocycles. The monoisotopic (exact) mass is 1470 g/mol. The van der Waals surface area contributed by atoms with Crippen molar-refractivity contribution in [3.8, 4) is 17.2 Å². The highest BCUT2D eigenvalue weighted by Crippen LogP contribution is 2.58. The zero-order valence-electron chi connectivity index (χ0n) is 59.9. The van der Waals surface area contributed by atoms with Crippen molar-refractivity contribution in [1.29, 1.82) is 0 Å². The molecule has 3 heterocycles. The molecule has 3 aliphatic carbocycles. The van der Waals surface area contributed by atoms with Crippen molar-refractivity contribution < 1.29 is 95.2 Å². The molecule has 4 amide bonds. The van der Waals surface area contributed by atoms with E-state index in [0.29, 0.717) is 60.9 Å². The highest BCUT2D eigenvalue weighted by Gasteiger charge is 2.67. The molecule has 562 valence electrons. The minimum atomic E-state index is -4.68. The number of rotatable bonds is 27. The predicted molar refractivity (Wildman–Crippen MR) is 381 cm³/mol. The number of hydroxylamine groups is 3. The Morgan fingerprint density at radius 3 is 1.46 bits per heavy atom. The Morgan fingerprint density at radius 1 is 0.505 bits per heavy atom. The van der Waals surface area contributed by atoms with Gasteiger partial charge in [0.1, 0.15) is 60.0 Å². The number of hydrogen-bond donors (Lipinski definition) is 7. The molecule has 0 aliphatic heterocycles. The van der Waals surface area contributed by atoms with Gasteiger partial charge >= 0.3 is 24.1 Å². The lowest BCUT2D eigenvalue weighted by Crippen LogP contribution is -2.47. The zero-order chi connectivity index (χ0) is 77.0. The fraction of sp³-hybridized carbons (Fsp3) is 0.350. The van der Waals surface area contributed by atoms with E-state index in [2.05, 4.69) is 20.3 Å². The molecule has 3 aliphatic rings. The summed E-state index contributed by atoms with van der Waals surface area (Å²) >= 11 is 0. The van der Waals surface area contributed by atoms with Crippen LogP contribution in [0.1, 0.15) is 111 Å².